The van der Waals surface area contributed by atoms with E-state index in [1.54, 1.807) is 13.8 Å². The summed E-state index contributed by atoms with van der Waals surface area (Å²) < 4.78 is 0. The maximum atomic E-state index is 12.5. The van der Waals surface area contributed by atoms with Crippen LogP contribution in [0.4, 0.5) is 0 Å². The van der Waals surface area contributed by atoms with E-state index in [0.29, 0.717) is 29.0 Å². The maximum Gasteiger partial charge on any atom is 0.254 e. The Labute approximate surface area is 125 Å². The van der Waals surface area contributed by atoms with E-state index >= 15 is 0 Å². The summed E-state index contributed by atoms with van der Waals surface area (Å²) in [5.74, 6) is 1.22. The van der Waals surface area contributed by atoms with Crippen LogP contribution in [-0.4, -0.2) is 33.4 Å². The molecule has 0 radical (unpaired) electrons. The molecule has 1 aromatic rings. The van der Waals surface area contributed by atoms with Gasteiger partial charge in [-0.2, -0.15) is 0 Å². The number of nitrogens with one attached hydrogen (secondary N) is 1. The van der Waals surface area contributed by atoms with Crippen molar-refractivity contribution in [2.24, 2.45) is 5.92 Å². The van der Waals surface area contributed by atoms with Crippen molar-refractivity contribution in [1.29, 1.82) is 0 Å². The first kappa shape index (κ1) is 15.7. The quantitative estimate of drug-likeness (QED) is 0.871. The molecule has 1 aromatic heterocycles. The Kier molecular flexibility index (Phi) is 4.80. The van der Waals surface area contributed by atoms with Gasteiger partial charge < -0.3 is 9.88 Å². The summed E-state index contributed by atoms with van der Waals surface area (Å²) in [6.07, 6.45) is 3.34. The maximum absolute atomic E-state index is 12.5. The normalized spacial score (nSPS) is 14.5. The zero-order chi connectivity index (χ0) is 15.6. The molecule has 0 saturated heterocycles. The number of H-pyrrole nitrogens is 1. The van der Waals surface area contributed by atoms with Crippen molar-refractivity contribution in [3.63, 3.8) is 0 Å². The minimum Gasteiger partial charge on any atom is -0.339 e. The van der Waals surface area contributed by atoms with Crippen LogP contribution < -0.4 is 5.56 Å². The number of aromatic amines is 1. The van der Waals surface area contributed by atoms with Gasteiger partial charge in [0.05, 0.1) is 6.42 Å². The van der Waals surface area contributed by atoms with Crippen LogP contribution in [0, 0.1) is 19.8 Å². The van der Waals surface area contributed by atoms with E-state index in [9.17, 15) is 9.59 Å². The molecule has 0 aliphatic heterocycles. The van der Waals surface area contributed by atoms with Crippen LogP contribution in [-0.2, 0) is 11.2 Å². The molecule has 0 spiro atoms. The minimum atomic E-state index is -0.187. The lowest BCUT2D eigenvalue weighted by atomic mass is 10.1. The van der Waals surface area contributed by atoms with Crippen LogP contribution in [0.3, 0.4) is 0 Å². The Balaban J connectivity index is 2.10. The van der Waals surface area contributed by atoms with Gasteiger partial charge in [0.25, 0.3) is 5.56 Å². The molecule has 5 nitrogen and oxygen atoms in total. The summed E-state index contributed by atoms with van der Waals surface area (Å²) in [6, 6.07) is 0.383. The number of hydrogen-bond acceptors (Lipinski definition) is 3. The first-order chi connectivity index (χ1) is 9.88. The second-order valence-electron chi connectivity index (χ2n) is 6.39. The fourth-order valence-corrected chi connectivity index (χ4v) is 2.51. The standard InChI is InChI=1S/C16H25N3O2/c1-10(2)7-8-19(13-5-6-13)15(20)9-14-11(3)17-12(4)18-16(14)21/h10,13H,5-9H2,1-4H3,(H,17,18,21). The van der Waals surface area contributed by atoms with Gasteiger partial charge in [0.1, 0.15) is 5.82 Å². The van der Waals surface area contributed by atoms with Crippen molar-refractivity contribution in [2.75, 3.05) is 6.54 Å². The zero-order valence-electron chi connectivity index (χ0n) is 13.4. The molecule has 1 fully saturated rings. The van der Waals surface area contributed by atoms with E-state index in [1.165, 1.54) is 0 Å². The van der Waals surface area contributed by atoms with Crippen LogP contribution >= 0.6 is 0 Å². The Morgan fingerprint density at radius 2 is 2.05 bits per heavy atom. The topological polar surface area (TPSA) is 66.1 Å². The number of hydrogen-bond donors (Lipinski definition) is 1. The van der Waals surface area contributed by atoms with Gasteiger partial charge in [-0.3, -0.25) is 9.59 Å². The predicted molar refractivity (Wildman–Crippen MR) is 82.2 cm³/mol. The summed E-state index contributed by atoms with van der Waals surface area (Å²) >= 11 is 0. The molecule has 116 valence electrons. The second kappa shape index (κ2) is 6.41. The van der Waals surface area contributed by atoms with Crippen molar-refractivity contribution in [2.45, 2.75) is 59.4 Å². The third-order valence-electron chi connectivity index (χ3n) is 3.92. The number of rotatable bonds is 6. The lowest BCUT2D eigenvalue weighted by Gasteiger charge is -2.23. The van der Waals surface area contributed by atoms with Crippen molar-refractivity contribution >= 4 is 5.91 Å². The highest BCUT2D eigenvalue weighted by Crippen LogP contribution is 2.28. The monoisotopic (exact) mass is 291 g/mol. The van der Waals surface area contributed by atoms with Crippen LogP contribution in [0.15, 0.2) is 4.79 Å². The molecular formula is C16H25N3O2. The Bertz CT molecular complexity index is 573. The molecule has 0 aromatic carbocycles. The number of aryl methyl sites for hydroxylation is 2. The van der Waals surface area contributed by atoms with Crippen LogP contribution in [0.2, 0.25) is 0 Å². The molecule has 1 N–H and O–H groups in total. The number of nitrogens with zero attached hydrogens (tertiary/aromatic N) is 2. The average molecular weight is 291 g/mol. The lowest BCUT2D eigenvalue weighted by Crippen LogP contribution is -2.37. The number of carbonyl (C=O) groups excluding carboxylic acids is 1. The lowest BCUT2D eigenvalue weighted by molar-refractivity contribution is -0.131. The molecule has 1 saturated carbocycles. The summed E-state index contributed by atoms with van der Waals surface area (Å²) in [4.78, 5) is 33.4. The first-order valence-corrected chi connectivity index (χ1v) is 7.74. The van der Waals surface area contributed by atoms with Gasteiger partial charge >= 0.3 is 0 Å². The van der Waals surface area contributed by atoms with Crippen LogP contribution in [0.5, 0.6) is 0 Å². The van der Waals surface area contributed by atoms with Gasteiger partial charge in [-0.25, -0.2) is 4.98 Å². The number of carbonyl (C=O) groups is 1. The summed E-state index contributed by atoms with van der Waals surface area (Å²) in [7, 11) is 0. The van der Waals surface area contributed by atoms with E-state index < -0.39 is 0 Å². The molecule has 1 aliphatic rings. The van der Waals surface area contributed by atoms with E-state index in [2.05, 4.69) is 23.8 Å². The molecule has 0 bridgehead atoms. The molecule has 1 heterocycles. The average Bonchev–Trinajstić information content (AvgIpc) is 3.18. The highest BCUT2D eigenvalue weighted by Gasteiger charge is 2.32. The van der Waals surface area contributed by atoms with Crippen LogP contribution in [0.1, 0.15) is 50.2 Å². The highest BCUT2D eigenvalue weighted by molar-refractivity contribution is 5.79. The zero-order valence-corrected chi connectivity index (χ0v) is 13.4. The highest BCUT2D eigenvalue weighted by atomic mass is 16.2. The minimum absolute atomic E-state index is 0.0532. The molecule has 0 atom stereocenters. The van der Waals surface area contributed by atoms with E-state index in [0.717, 1.165) is 25.8 Å². The van der Waals surface area contributed by atoms with Gasteiger partial charge in [0.2, 0.25) is 5.91 Å². The Hall–Kier alpha value is -1.65. The second-order valence-corrected chi connectivity index (χ2v) is 6.39. The van der Waals surface area contributed by atoms with Gasteiger partial charge in [-0.15, -0.1) is 0 Å². The Morgan fingerprint density at radius 3 is 2.57 bits per heavy atom. The van der Waals surface area contributed by atoms with Gasteiger partial charge in [-0.05, 0) is 39.0 Å². The molecule has 0 unspecified atom stereocenters. The Morgan fingerprint density at radius 1 is 1.38 bits per heavy atom. The number of amides is 1. The van der Waals surface area contributed by atoms with E-state index in [4.69, 9.17) is 0 Å². The van der Waals surface area contributed by atoms with Crippen molar-refractivity contribution < 1.29 is 4.79 Å². The predicted octanol–water partition coefficient (Wildman–Crippen LogP) is 1.97. The van der Waals surface area contributed by atoms with Crippen molar-refractivity contribution in [1.82, 2.24) is 14.9 Å². The van der Waals surface area contributed by atoms with E-state index in [1.807, 2.05) is 4.90 Å². The summed E-state index contributed by atoms with van der Waals surface area (Å²) in [6.45, 7) is 8.65. The SMILES string of the molecule is Cc1nc(C)c(CC(=O)N(CCC(C)C)C2CC2)c(=O)[nH]1. The molecule has 1 aliphatic carbocycles. The first-order valence-electron chi connectivity index (χ1n) is 7.74. The molecular weight excluding hydrogens is 266 g/mol. The molecule has 2 rings (SSSR count). The summed E-state index contributed by atoms with van der Waals surface area (Å²) in [5, 5.41) is 0. The van der Waals surface area contributed by atoms with Gasteiger partial charge in [-0.1, -0.05) is 13.8 Å². The molecule has 21 heavy (non-hydrogen) atoms. The fraction of sp³-hybridized carbons (Fsp3) is 0.688. The van der Waals surface area contributed by atoms with Gasteiger partial charge in [0.15, 0.2) is 0 Å². The third kappa shape index (κ3) is 4.16. The molecule has 1 amide bonds. The fourth-order valence-electron chi connectivity index (χ4n) is 2.51. The smallest absolute Gasteiger partial charge is 0.254 e. The van der Waals surface area contributed by atoms with Crippen molar-refractivity contribution in [3.05, 3.63) is 27.4 Å². The van der Waals surface area contributed by atoms with Crippen molar-refractivity contribution in [3.8, 4) is 0 Å². The summed E-state index contributed by atoms with van der Waals surface area (Å²) in [5.41, 5.74) is 0.970. The largest absolute Gasteiger partial charge is 0.339 e. The van der Waals surface area contributed by atoms with Gasteiger partial charge in [0, 0.05) is 23.8 Å². The third-order valence-corrected chi connectivity index (χ3v) is 3.92. The molecule has 5 heteroatoms. The van der Waals surface area contributed by atoms with Crippen LogP contribution in [0.25, 0.3) is 0 Å². The number of aromatic nitrogens is 2. The van der Waals surface area contributed by atoms with E-state index in [-0.39, 0.29) is 17.9 Å².